The highest BCUT2D eigenvalue weighted by molar-refractivity contribution is 7.99. The van der Waals surface area contributed by atoms with Crippen LogP contribution in [0.3, 0.4) is 0 Å². The van der Waals surface area contributed by atoms with Gasteiger partial charge in [0.05, 0.1) is 18.2 Å². The third-order valence-electron chi connectivity index (χ3n) is 3.31. The minimum absolute atomic E-state index is 0.569. The summed E-state index contributed by atoms with van der Waals surface area (Å²) >= 11 is 2.04. The van der Waals surface area contributed by atoms with Gasteiger partial charge in [0.1, 0.15) is 5.82 Å². The predicted molar refractivity (Wildman–Crippen MR) is 75.3 cm³/mol. The number of nitrogens with zero attached hydrogens (tertiary/aromatic N) is 3. The molecular formula is C13H16N4S. The van der Waals surface area contributed by atoms with Gasteiger partial charge in [-0.1, -0.05) is 0 Å². The first-order valence-corrected chi connectivity index (χ1v) is 7.29. The number of anilines is 1. The molecule has 1 atom stereocenters. The average Bonchev–Trinajstić information content (AvgIpc) is 3.02. The van der Waals surface area contributed by atoms with Gasteiger partial charge in [0.15, 0.2) is 0 Å². The summed E-state index contributed by atoms with van der Waals surface area (Å²) in [6, 6.07) is 3.91. The van der Waals surface area contributed by atoms with Crippen LogP contribution in [0.5, 0.6) is 0 Å². The van der Waals surface area contributed by atoms with Crippen LogP contribution in [0.4, 0.5) is 5.82 Å². The van der Waals surface area contributed by atoms with Gasteiger partial charge in [-0.15, -0.1) is 0 Å². The van der Waals surface area contributed by atoms with E-state index in [-0.39, 0.29) is 0 Å². The van der Waals surface area contributed by atoms with Gasteiger partial charge in [-0.25, -0.2) is 9.97 Å². The topological polar surface area (TPSA) is 56.7 Å². The third kappa shape index (κ3) is 2.22. The fourth-order valence-electron chi connectivity index (χ4n) is 2.33. The maximum atomic E-state index is 5.93. The molecule has 0 radical (unpaired) electrons. The average molecular weight is 260 g/mol. The SMILES string of the molecule is Nc1ncccc1-c1cncn1CC1CCSC1. The van der Waals surface area contributed by atoms with Crippen LogP contribution in [0, 0.1) is 5.92 Å². The van der Waals surface area contributed by atoms with E-state index < -0.39 is 0 Å². The van der Waals surface area contributed by atoms with Crippen molar-refractivity contribution in [3.8, 4) is 11.3 Å². The molecule has 0 aliphatic carbocycles. The van der Waals surface area contributed by atoms with Gasteiger partial charge in [-0.2, -0.15) is 11.8 Å². The number of hydrogen-bond acceptors (Lipinski definition) is 4. The molecule has 0 aromatic carbocycles. The van der Waals surface area contributed by atoms with E-state index in [4.69, 9.17) is 5.73 Å². The first kappa shape index (κ1) is 11.6. The molecule has 2 aromatic heterocycles. The van der Waals surface area contributed by atoms with E-state index >= 15 is 0 Å². The Bertz CT molecular complexity index is 531. The van der Waals surface area contributed by atoms with Gasteiger partial charge in [0, 0.05) is 18.3 Å². The van der Waals surface area contributed by atoms with E-state index in [1.807, 2.05) is 36.4 Å². The van der Waals surface area contributed by atoms with E-state index in [0.717, 1.165) is 23.7 Å². The summed E-state index contributed by atoms with van der Waals surface area (Å²) in [4.78, 5) is 8.40. The zero-order valence-electron chi connectivity index (χ0n) is 10.1. The Labute approximate surface area is 111 Å². The fraction of sp³-hybridized carbons (Fsp3) is 0.385. The Hall–Kier alpha value is -1.49. The van der Waals surface area contributed by atoms with E-state index in [9.17, 15) is 0 Å². The summed E-state index contributed by atoms with van der Waals surface area (Å²) in [5.41, 5.74) is 7.97. The summed E-state index contributed by atoms with van der Waals surface area (Å²) in [6.07, 6.45) is 6.78. The van der Waals surface area contributed by atoms with Gasteiger partial charge < -0.3 is 10.3 Å². The highest BCUT2D eigenvalue weighted by Gasteiger charge is 2.18. The molecular weight excluding hydrogens is 244 g/mol. The number of hydrogen-bond donors (Lipinski definition) is 1. The highest BCUT2D eigenvalue weighted by Crippen LogP contribution is 2.28. The first-order chi connectivity index (χ1) is 8.84. The normalized spacial score (nSPS) is 19.2. The molecule has 0 bridgehead atoms. The van der Waals surface area contributed by atoms with E-state index in [1.54, 1.807) is 6.20 Å². The molecule has 18 heavy (non-hydrogen) atoms. The molecule has 0 amide bonds. The summed E-state index contributed by atoms with van der Waals surface area (Å²) in [5, 5.41) is 0. The zero-order valence-corrected chi connectivity index (χ0v) is 10.9. The van der Waals surface area contributed by atoms with Crippen molar-refractivity contribution in [2.75, 3.05) is 17.2 Å². The molecule has 3 rings (SSSR count). The molecule has 4 nitrogen and oxygen atoms in total. The Morgan fingerprint density at radius 2 is 2.44 bits per heavy atom. The van der Waals surface area contributed by atoms with Crippen LogP contribution in [0.2, 0.25) is 0 Å². The number of thioether (sulfide) groups is 1. The second-order valence-electron chi connectivity index (χ2n) is 4.60. The van der Waals surface area contributed by atoms with Gasteiger partial charge in [0.2, 0.25) is 0 Å². The number of pyridine rings is 1. The summed E-state index contributed by atoms with van der Waals surface area (Å²) < 4.78 is 2.20. The van der Waals surface area contributed by atoms with E-state index in [2.05, 4.69) is 14.5 Å². The van der Waals surface area contributed by atoms with E-state index in [1.165, 1.54) is 17.9 Å². The molecule has 1 aliphatic heterocycles. The van der Waals surface area contributed by atoms with Crippen LogP contribution in [0.15, 0.2) is 30.9 Å². The van der Waals surface area contributed by atoms with Gasteiger partial charge in [-0.3, -0.25) is 0 Å². The quantitative estimate of drug-likeness (QED) is 0.920. The standard InChI is InChI=1S/C13H16N4S/c14-13-11(2-1-4-16-13)12-6-15-9-17(12)7-10-3-5-18-8-10/h1-2,4,6,9-10H,3,5,7-8H2,(H2,14,16). The number of nitrogen functional groups attached to an aromatic ring is 1. The molecule has 94 valence electrons. The van der Waals surface area contributed by atoms with Crippen LogP contribution in [-0.4, -0.2) is 26.0 Å². The molecule has 1 aliphatic rings. The summed E-state index contributed by atoms with van der Waals surface area (Å²) in [7, 11) is 0. The predicted octanol–water partition coefficient (Wildman–Crippen LogP) is 2.28. The highest BCUT2D eigenvalue weighted by atomic mass is 32.2. The Morgan fingerprint density at radius 1 is 1.50 bits per heavy atom. The lowest BCUT2D eigenvalue weighted by Gasteiger charge is -2.13. The number of aromatic nitrogens is 3. The van der Waals surface area contributed by atoms with Gasteiger partial charge in [-0.05, 0) is 36.0 Å². The monoisotopic (exact) mass is 260 g/mol. The second kappa shape index (κ2) is 5.02. The van der Waals surface area contributed by atoms with Crippen molar-refractivity contribution >= 4 is 17.6 Å². The van der Waals surface area contributed by atoms with Crippen molar-refractivity contribution in [3.05, 3.63) is 30.9 Å². The largest absolute Gasteiger partial charge is 0.383 e. The molecule has 5 heteroatoms. The van der Waals surface area contributed by atoms with E-state index in [0.29, 0.717) is 5.82 Å². The molecule has 0 spiro atoms. The minimum Gasteiger partial charge on any atom is -0.383 e. The van der Waals surface area contributed by atoms with Crippen molar-refractivity contribution in [1.82, 2.24) is 14.5 Å². The van der Waals surface area contributed by atoms with Crippen molar-refractivity contribution in [3.63, 3.8) is 0 Å². The van der Waals surface area contributed by atoms with Gasteiger partial charge in [0.25, 0.3) is 0 Å². The van der Waals surface area contributed by atoms with Gasteiger partial charge >= 0.3 is 0 Å². The molecule has 0 saturated carbocycles. The zero-order chi connectivity index (χ0) is 12.4. The maximum Gasteiger partial charge on any atom is 0.132 e. The molecule has 3 heterocycles. The van der Waals surface area contributed by atoms with Crippen molar-refractivity contribution in [2.45, 2.75) is 13.0 Å². The van der Waals surface area contributed by atoms with Crippen LogP contribution in [0.1, 0.15) is 6.42 Å². The van der Waals surface area contributed by atoms with Crippen molar-refractivity contribution in [1.29, 1.82) is 0 Å². The summed E-state index contributed by atoms with van der Waals surface area (Å²) in [5.74, 6) is 3.85. The minimum atomic E-state index is 0.569. The Balaban J connectivity index is 1.89. The van der Waals surface area contributed by atoms with Crippen LogP contribution >= 0.6 is 11.8 Å². The molecule has 2 N–H and O–H groups in total. The van der Waals surface area contributed by atoms with Crippen LogP contribution in [-0.2, 0) is 6.54 Å². The third-order valence-corrected chi connectivity index (χ3v) is 4.54. The molecule has 2 aromatic rings. The number of nitrogens with two attached hydrogens (primary N) is 1. The molecule has 1 unspecified atom stereocenters. The molecule has 1 fully saturated rings. The Morgan fingerprint density at radius 3 is 3.22 bits per heavy atom. The number of imidazole rings is 1. The second-order valence-corrected chi connectivity index (χ2v) is 5.75. The first-order valence-electron chi connectivity index (χ1n) is 6.13. The molecule has 1 saturated heterocycles. The lowest BCUT2D eigenvalue weighted by Crippen LogP contribution is -2.10. The smallest absolute Gasteiger partial charge is 0.132 e. The van der Waals surface area contributed by atoms with Crippen molar-refractivity contribution < 1.29 is 0 Å². The Kier molecular flexibility index (Phi) is 3.23. The van der Waals surface area contributed by atoms with Crippen molar-refractivity contribution in [2.24, 2.45) is 5.92 Å². The lowest BCUT2D eigenvalue weighted by atomic mass is 10.1. The number of rotatable bonds is 3. The lowest BCUT2D eigenvalue weighted by molar-refractivity contribution is 0.495. The maximum absolute atomic E-state index is 5.93. The summed E-state index contributed by atoms with van der Waals surface area (Å²) in [6.45, 7) is 1.02. The fourth-order valence-corrected chi connectivity index (χ4v) is 3.60. The van der Waals surface area contributed by atoms with Crippen LogP contribution in [0.25, 0.3) is 11.3 Å². The van der Waals surface area contributed by atoms with Crippen LogP contribution < -0.4 is 5.73 Å².